The fourth-order valence-corrected chi connectivity index (χ4v) is 4.52. The molecule has 2 heterocycles. The normalized spacial score (nSPS) is 16.8. The molecule has 0 aliphatic carbocycles. The average molecular weight is 407 g/mol. The molecule has 2 aromatic carbocycles. The van der Waals surface area contributed by atoms with Gasteiger partial charge in [-0.1, -0.05) is 36.4 Å². The number of hydrogen-bond donors (Lipinski definition) is 0. The lowest BCUT2D eigenvalue weighted by Crippen LogP contribution is -2.45. The number of benzene rings is 2. The maximum absolute atomic E-state index is 13.0. The summed E-state index contributed by atoms with van der Waals surface area (Å²) in [6.45, 7) is 3.88. The van der Waals surface area contributed by atoms with Crippen LogP contribution in [-0.2, 0) is 17.8 Å². The topological polar surface area (TPSA) is 83.8 Å². The molecule has 30 heavy (non-hydrogen) atoms. The Labute approximate surface area is 175 Å². The molecule has 2 aromatic rings. The van der Waals surface area contributed by atoms with Gasteiger partial charge in [0.2, 0.25) is 5.91 Å². The third-order valence-electron chi connectivity index (χ3n) is 6.22. The summed E-state index contributed by atoms with van der Waals surface area (Å²) in [5, 5.41) is 11.4. The first kappa shape index (κ1) is 20.1. The lowest BCUT2D eigenvalue weighted by atomic mass is 9.92. The van der Waals surface area contributed by atoms with E-state index in [1.54, 1.807) is 24.0 Å². The van der Waals surface area contributed by atoms with Crippen LogP contribution in [0.2, 0.25) is 0 Å². The van der Waals surface area contributed by atoms with Gasteiger partial charge in [-0.2, -0.15) is 0 Å². The lowest BCUT2D eigenvalue weighted by Gasteiger charge is -2.36. The Balaban J connectivity index is 1.40. The Bertz CT molecular complexity index is 996. The summed E-state index contributed by atoms with van der Waals surface area (Å²) >= 11 is 0. The Morgan fingerprint density at radius 1 is 0.967 bits per heavy atom. The molecule has 0 aromatic heterocycles. The Morgan fingerprint density at radius 2 is 1.67 bits per heavy atom. The number of piperidine rings is 1. The van der Waals surface area contributed by atoms with E-state index in [0.717, 1.165) is 13.0 Å². The summed E-state index contributed by atoms with van der Waals surface area (Å²) in [5.41, 5.74) is 2.98. The molecule has 2 aliphatic rings. The molecule has 2 amide bonds. The van der Waals surface area contributed by atoms with Crippen molar-refractivity contribution in [3.05, 3.63) is 74.8 Å². The summed E-state index contributed by atoms with van der Waals surface area (Å²) in [6.07, 6.45) is 2.04. The van der Waals surface area contributed by atoms with Crippen LogP contribution in [-0.4, -0.2) is 46.2 Å². The van der Waals surface area contributed by atoms with Crippen molar-refractivity contribution in [3.8, 4) is 0 Å². The smallest absolute Gasteiger partial charge is 0.285 e. The molecule has 0 bridgehead atoms. The lowest BCUT2D eigenvalue weighted by molar-refractivity contribution is -0.385. The molecular formula is C23H25N3O4. The second-order valence-electron chi connectivity index (χ2n) is 8.07. The van der Waals surface area contributed by atoms with Crippen molar-refractivity contribution < 1.29 is 14.5 Å². The van der Waals surface area contributed by atoms with Crippen LogP contribution in [0.15, 0.2) is 42.5 Å². The van der Waals surface area contributed by atoms with Gasteiger partial charge >= 0.3 is 0 Å². The minimum absolute atomic E-state index is 0.105. The third-order valence-corrected chi connectivity index (χ3v) is 6.22. The molecule has 0 N–H and O–H groups in total. The highest BCUT2D eigenvalue weighted by atomic mass is 16.6. The van der Waals surface area contributed by atoms with Crippen molar-refractivity contribution in [2.75, 3.05) is 19.6 Å². The van der Waals surface area contributed by atoms with Crippen LogP contribution in [0.3, 0.4) is 0 Å². The van der Waals surface area contributed by atoms with E-state index < -0.39 is 4.92 Å². The monoisotopic (exact) mass is 407 g/mol. The maximum Gasteiger partial charge on any atom is 0.285 e. The Morgan fingerprint density at radius 3 is 2.37 bits per heavy atom. The highest BCUT2D eigenvalue weighted by molar-refractivity contribution is 5.98. The van der Waals surface area contributed by atoms with E-state index in [1.165, 1.54) is 17.2 Å². The average Bonchev–Trinajstić information content (AvgIpc) is 2.77. The molecule has 2 aliphatic heterocycles. The second kappa shape index (κ2) is 8.26. The van der Waals surface area contributed by atoms with Crippen LogP contribution in [0.1, 0.15) is 39.9 Å². The predicted molar refractivity (Wildman–Crippen MR) is 112 cm³/mol. The summed E-state index contributed by atoms with van der Waals surface area (Å²) < 4.78 is 0. The minimum Gasteiger partial charge on any atom is -0.338 e. The number of rotatable bonds is 3. The fraction of sp³-hybridized carbons (Fsp3) is 0.391. The molecule has 1 fully saturated rings. The standard InChI is InChI=1S/C23H25N3O4/c1-16-5-4-8-20(21(16)26(29)30)23(28)24-12-10-18(11-13-24)22(27)25-14-9-17-6-2-3-7-19(17)15-25/h2-8,18H,9-15H2,1H3. The van der Waals surface area contributed by atoms with E-state index in [2.05, 4.69) is 12.1 Å². The molecule has 0 spiro atoms. The molecule has 0 radical (unpaired) electrons. The fourth-order valence-electron chi connectivity index (χ4n) is 4.52. The van der Waals surface area contributed by atoms with Gasteiger partial charge < -0.3 is 9.80 Å². The van der Waals surface area contributed by atoms with E-state index in [4.69, 9.17) is 0 Å². The van der Waals surface area contributed by atoms with Crippen molar-refractivity contribution >= 4 is 17.5 Å². The Kier molecular flexibility index (Phi) is 5.53. The van der Waals surface area contributed by atoms with Gasteiger partial charge in [0.25, 0.3) is 11.6 Å². The van der Waals surface area contributed by atoms with Crippen molar-refractivity contribution in [2.45, 2.75) is 32.7 Å². The van der Waals surface area contributed by atoms with Crippen molar-refractivity contribution in [1.82, 2.24) is 9.80 Å². The number of hydrogen-bond acceptors (Lipinski definition) is 4. The zero-order valence-electron chi connectivity index (χ0n) is 17.0. The minimum atomic E-state index is -0.493. The first-order valence-corrected chi connectivity index (χ1v) is 10.3. The predicted octanol–water partition coefficient (Wildman–Crippen LogP) is 3.34. The van der Waals surface area contributed by atoms with Crippen LogP contribution >= 0.6 is 0 Å². The Hall–Kier alpha value is -3.22. The number of amides is 2. The first-order chi connectivity index (χ1) is 14.5. The number of likely N-dealkylation sites (tertiary alicyclic amines) is 1. The number of carbonyl (C=O) groups excluding carboxylic acids is 2. The summed E-state index contributed by atoms with van der Waals surface area (Å²) in [7, 11) is 0. The van der Waals surface area contributed by atoms with Gasteiger partial charge in [-0.05, 0) is 43.4 Å². The van der Waals surface area contributed by atoms with Gasteiger partial charge in [-0.3, -0.25) is 19.7 Å². The highest BCUT2D eigenvalue weighted by Gasteiger charge is 2.33. The van der Waals surface area contributed by atoms with Crippen LogP contribution in [0.5, 0.6) is 0 Å². The molecule has 1 saturated heterocycles. The van der Waals surface area contributed by atoms with Gasteiger partial charge in [-0.15, -0.1) is 0 Å². The van der Waals surface area contributed by atoms with Crippen molar-refractivity contribution in [3.63, 3.8) is 0 Å². The number of para-hydroxylation sites is 1. The molecule has 0 atom stereocenters. The molecule has 0 unspecified atom stereocenters. The van der Waals surface area contributed by atoms with Crippen LogP contribution < -0.4 is 0 Å². The van der Waals surface area contributed by atoms with Crippen molar-refractivity contribution in [2.24, 2.45) is 5.92 Å². The van der Waals surface area contributed by atoms with Crippen LogP contribution in [0, 0.1) is 23.0 Å². The zero-order chi connectivity index (χ0) is 21.3. The molecular weight excluding hydrogens is 382 g/mol. The number of nitro benzene ring substituents is 1. The van der Waals surface area contributed by atoms with E-state index in [0.29, 0.717) is 38.0 Å². The van der Waals surface area contributed by atoms with Gasteiger partial charge in [-0.25, -0.2) is 0 Å². The molecule has 156 valence electrons. The first-order valence-electron chi connectivity index (χ1n) is 10.3. The number of aryl methyl sites for hydroxylation is 1. The largest absolute Gasteiger partial charge is 0.338 e. The van der Waals surface area contributed by atoms with E-state index in [9.17, 15) is 19.7 Å². The van der Waals surface area contributed by atoms with Crippen molar-refractivity contribution in [1.29, 1.82) is 0 Å². The number of nitro groups is 1. The number of nitrogens with zero attached hydrogens (tertiary/aromatic N) is 3. The molecule has 0 saturated carbocycles. The zero-order valence-corrected chi connectivity index (χ0v) is 17.0. The van der Waals surface area contributed by atoms with Gasteiger partial charge in [0.1, 0.15) is 5.56 Å². The SMILES string of the molecule is Cc1cccc(C(=O)N2CCC(C(=O)N3CCc4ccccc4C3)CC2)c1[N+](=O)[O-]. The van der Waals surface area contributed by atoms with E-state index in [-0.39, 0.29) is 29.0 Å². The number of carbonyl (C=O) groups is 2. The molecule has 4 rings (SSSR count). The molecule has 7 nitrogen and oxygen atoms in total. The molecule has 7 heteroatoms. The maximum atomic E-state index is 13.0. The highest BCUT2D eigenvalue weighted by Crippen LogP contribution is 2.28. The van der Waals surface area contributed by atoms with Gasteiger partial charge in [0, 0.05) is 37.7 Å². The summed E-state index contributed by atoms with van der Waals surface area (Å²) in [6, 6.07) is 13.0. The summed E-state index contributed by atoms with van der Waals surface area (Å²) in [5.74, 6) is -0.284. The number of fused-ring (bicyclic) bond motifs is 1. The van der Waals surface area contributed by atoms with Crippen LogP contribution in [0.25, 0.3) is 0 Å². The van der Waals surface area contributed by atoms with E-state index >= 15 is 0 Å². The van der Waals surface area contributed by atoms with Gasteiger partial charge in [0.05, 0.1) is 4.92 Å². The second-order valence-corrected chi connectivity index (χ2v) is 8.07. The quantitative estimate of drug-likeness (QED) is 0.577. The summed E-state index contributed by atoms with van der Waals surface area (Å²) in [4.78, 5) is 40.4. The van der Waals surface area contributed by atoms with Gasteiger partial charge in [0.15, 0.2) is 0 Å². The van der Waals surface area contributed by atoms with Crippen LogP contribution in [0.4, 0.5) is 5.69 Å². The van der Waals surface area contributed by atoms with E-state index in [1.807, 2.05) is 17.0 Å². The third kappa shape index (κ3) is 3.79.